The van der Waals surface area contributed by atoms with Crippen molar-refractivity contribution in [1.82, 2.24) is 4.57 Å². The smallest absolute Gasteiger partial charge is 0.256 e. The van der Waals surface area contributed by atoms with Crippen molar-refractivity contribution in [2.24, 2.45) is 0 Å². The molecule has 0 N–H and O–H groups in total. The number of nitrogens with zero attached hydrogens (tertiary/aromatic N) is 1. The highest BCUT2D eigenvalue weighted by atomic mass is 16.5. The van der Waals surface area contributed by atoms with E-state index in [1.807, 2.05) is 0 Å². The Kier molecular flexibility index (Phi) is 7.86. The molecule has 3 heterocycles. The van der Waals surface area contributed by atoms with Crippen molar-refractivity contribution in [1.29, 1.82) is 0 Å². The Morgan fingerprint density at radius 2 is 0.967 bits per heavy atom. The molecule has 2 nitrogen and oxygen atoms in total. The zero-order valence-corrected chi connectivity index (χ0v) is 33.6. The molecule has 12 rings (SSSR count). The molecule has 0 spiro atoms. The molecular weight excluding hydrogens is 725 g/mol. The fourth-order valence-corrected chi connectivity index (χ4v) is 9.97. The summed E-state index contributed by atoms with van der Waals surface area (Å²) in [7, 11) is 0. The molecule has 2 aliphatic rings. The summed E-state index contributed by atoms with van der Waals surface area (Å²) in [6.45, 7) is 4.54. The Morgan fingerprint density at radius 3 is 1.60 bits per heavy atom. The van der Waals surface area contributed by atoms with Gasteiger partial charge in [0.1, 0.15) is 11.5 Å². The van der Waals surface area contributed by atoms with E-state index in [0.29, 0.717) is 5.92 Å². The van der Waals surface area contributed by atoms with E-state index in [9.17, 15) is 0 Å². The first-order chi connectivity index (χ1) is 29.6. The maximum absolute atomic E-state index is 7.09. The second-order valence-electron chi connectivity index (χ2n) is 16.6. The first kappa shape index (κ1) is 34.7. The van der Waals surface area contributed by atoms with Crippen molar-refractivity contribution in [2.75, 3.05) is 0 Å². The minimum atomic E-state index is -0.0220. The maximum Gasteiger partial charge on any atom is 0.256 e. The van der Waals surface area contributed by atoms with E-state index in [1.54, 1.807) is 0 Å². The SMILES string of the molecule is CC(C)c1cc2c3c(c1)-n1c4ccc(-c5ccccc5-c5ccccc5)cc4c4cc(-c5ccccc5-c5ccccc5)cc(c41)B3c1ccc(-c3ccccc3)cc1O2. The van der Waals surface area contributed by atoms with Crippen LogP contribution in [-0.2, 0) is 0 Å². The number of hydrogen-bond donors (Lipinski definition) is 0. The van der Waals surface area contributed by atoms with E-state index in [4.69, 9.17) is 4.74 Å². The number of rotatable bonds is 6. The van der Waals surface area contributed by atoms with Gasteiger partial charge in [-0.3, -0.25) is 0 Å². The van der Waals surface area contributed by atoms with Crippen molar-refractivity contribution in [3.05, 3.63) is 206 Å². The van der Waals surface area contributed by atoms with Crippen LogP contribution in [-0.4, -0.2) is 11.3 Å². The van der Waals surface area contributed by atoms with Gasteiger partial charge in [-0.15, -0.1) is 0 Å². The van der Waals surface area contributed by atoms with Crippen LogP contribution in [0.2, 0.25) is 0 Å². The molecule has 0 amide bonds. The third-order valence-electron chi connectivity index (χ3n) is 12.8. The summed E-state index contributed by atoms with van der Waals surface area (Å²) >= 11 is 0. The lowest BCUT2D eigenvalue weighted by Crippen LogP contribution is -2.58. The molecule has 0 aliphatic carbocycles. The van der Waals surface area contributed by atoms with Crippen LogP contribution in [0.5, 0.6) is 11.5 Å². The van der Waals surface area contributed by atoms with Gasteiger partial charge in [-0.25, -0.2) is 0 Å². The normalized spacial score (nSPS) is 12.4. The molecule has 0 saturated carbocycles. The van der Waals surface area contributed by atoms with E-state index in [2.05, 4.69) is 219 Å². The Hall–Kier alpha value is -7.36. The lowest BCUT2D eigenvalue weighted by atomic mass is 9.34. The van der Waals surface area contributed by atoms with Gasteiger partial charge in [-0.05, 0) is 120 Å². The van der Waals surface area contributed by atoms with Gasteiger partial charge >= 0.3 is 0 Å². The summed E-state index contributed by atoms with van der Waals surface area (Å²) in [6, 6.07) is 73.5. The molecule has 0 radical (unpaired) electrons. The Balaban J connectivity index is 1.18. The average molecular weight is 766 g/mol. The van der Waals surface area contributed by atoms with E-state index in [1.165, 1.54) is 99.5 Å². The van der Waals surface area contributed by atoms with Crippen molar-refractivity contribution >= 4 is 44.9 Å². The van der Waals surface area contributed by atoms with Crippen LogP contribution < -0.4 is 21.1 Å². The molecule has 0 fully saturated rings. The van der Waals surface area contributed by atoms with Crippen molar-refractivity contribution in [2.45, 2.75) is 19.8 Å². The van der Waals surface area contributed by atoms with E-state index in [0.717, 1.165) is 17.1 Å². The number of hydrogen-bond acceptors (Lipinski definition) is 1. The van der Waals surface area contributed by atoms with Crippen LogP contribution in [0.1, 0.15) is 25.3 Å². The van der Waals surface area contributed by atoms with Crippen LogP contribution in [0, 0.1) is 0 Å². The third-order valence-corrected chi connectivity index (χ3v) is 12.8. The molecule has 0 unspecified atom stereocenters. The van der Waals surface area contributed by atoms with Gasteiger partial charge in [-0.1, -0.05) is 178 Å². The monoisotopic (exact) mass is 765 g/mol. The quantitative estimate of drug-likeness (QED) is 0.154. The molecular formula is C57H40BNO. The molecule has 10 aromatic rings. The van der Waals surface area contributed by atoms with Gasteiger partial charge in [0.25, 0.3) is 6.71 Å². The number of aromatic nitrogens is 1. The van der Waals surface area contributed by atoms with E-state index in [-0.39, 0.29) is 6.71 Å². The molecule has 0 saturated heterocycles. The van der Waals surface area contributed by atoms with Crippen LogP contribution in [0.3, 0.4) is 0 Å². The van der Waals surface area contributed by atoms with Gasteiger partial charge < -0.3 is 9.30 Å². The van der Waals surface area contributed by atoms with Crippen molar-refractivity contribution in [3.8, 4) is 72.8 Å². The second kappa shape index (κ2) is 13.6. The lowest BCUT2D eigenvalue weighted by molar-refractivity contribution is 0.486. The lowest BCUT2D eigenvalue weighted by Gasteiger charge is -2.34. The zero-order valence-electron chi connectivity index (χ0n) is 33.6. The van der Waals surface area contributed by atoms with Crippen LogP contribution >= 0.6 is 0 Å². The highest BCUT2D eigenvalue weighted by Gasteiger charge is 2.41. The highest BCUT2D eigenvalue weighted by molar-refractivity contribution is 6.99. The minimum absolute atomic E-state index is 0.0220. The summed E-state index contributed by atoms with van der Waals surface area (Å²) < 4.78 is 9.64. The van der Waals surface area contributed by atoms with Gasteiger partial charge in [0.05, 0.1) is 5.52 Å². The molecule has 2 aliphatic heterocycles. The first-order valence-corrected chi connectivity index (χ1v) is 21.1. The Morgan fingerprint density at radius 1 is 0.417 bits per heavy atom. The molecule has 1 aromatic heterocycles. The van der Waals surface area contributed by atoms with Gasteiger partial charge in [0.2, 0.25) is 0 Å². The molecule has 0 bridgehead atoms. The maximum atomic E-state index is 7.09. The molecule has 3 heteroatoms. The summed E-state index contributed by atoms with van der Waals surface area (Å²) in [6.07, 6.45) is 0. The first-order valence-electron chi connectivity index (χ1n) is 21.1. The van der Waals surface area contributed by atoms with Crippen LogP contribution in [0.15, 0.2) is 200 Å². The fourth-order valence-electron chi connectivity index (χ4n) is 9.97. The standard InChI is InChI=1S/C57H40BNO/c1-36(2)42-33-53-56-55(35-42)60-54-34-40(37-16-6-3-7-17-37)26-28-50(54)58(56)51-32-43(47-25-15-13-23-45(47)39-20-10-5-11-21-39)31-49-48-30-41(27-29-52(48)59(53)57(49)51)46-24-14-12-22-44(46)38-18-8-4-9-19-38/h3-36H,1-2H3. The Labute approximate surface area is 351 Å². The third kappa shape index (κ3) is 5.36. The number of ether oxygens (including phenoxy) is 1. The van der Waals surface area contributed by atoms with Crippen molar-refractivity contribution < 1.29 is 4.74 Å². The van der Waals surface area contributed by atoms with Gasteiger partial charge in [-0.2, -0.15) is 0 Å². The summed E-state index contributed by atoms with van der Waals surface area (Å²) in [5, 5.41) is 2.50. The fraction of sp³-hybridized carbons (Fsp3) is 0.0526. The second-order valence-corrected chi connectivity index (χ2v) is 16.6. The van der Waals surface area contributed by atoms with Crippen LogP contribution in [0.4, 0.5) is 0 Å². The molecule has 0 atom stereocenters. The predicted octanol–water partition coefficient (Wildman–Crippen LogP) is 13.2. The minimum Gasteiger partial charge on any atom is -0.458 e. The summed E-state index contributed by atoms with van der Waals surface area (Å²) in [4.78, 5) is 0. The van der Waals surface area contributed by atoms with Gasteiger partial charge in [0.15, 0.2) is 0 Å². The van der Waals surface area contributed by atoms with Crippen LogP contribution in [0.25, 0.3) is 83.1 Å². The van der Waals surface area contributed by atoms with E-state index < -0.39 is 0 Å². The topological polar surface area (TPSA) is 14.2 Å². The zero-order chi connectivity index (χ0) is 39.9. The highest BCUT2D eigenvalue weighted by Crippen LogP contribution is 2.44. The average Bonchev–Trinajstić information content (AvgIpc) is 3.64. The largest absolute Gasteiger partial charge is 0.458 e. The summed E-state index contributed by atoms with van der Waals surface area (Å²) in [5.41, 5.74) is 20.8. The Bertz CT molecular complexity index is 3310. The number of fused-ring (bicyclic) bond motifs is 7. The van der Waals surface area contributed by atoms with Crippen molar-refractivity contribution in [3.63, 3.8) is 0 Å². The van der Waals surface area contributed by atoms with Gasteiger partial charge in [0, 0.05) is 22.0 Å². The molecule has 60 heavy (non-hydrogen) atoms. The van der Waals surface area contributed by atoms with E-state index >= 15 is 0 Å². The molecule has 9 aromatic carbocycles. The molecule has 282 valence electrons. The number of benzene rings is 9. The predicted molar refractivity (Wildman–Crippen MR) is 253 cm³/mol. The summed E-state index contributed by atoms with van der Waals surface area (Å²) in [5.74, 6) is 2.19.